The minimum absolute atomic E-state index is 0.160. The smallest absolute Gasteiger partial charge is 0.387 e. The summed E-state index contributed by atoms with van der Waals surface area (Å²) in [4.78, 5) is 29.3. The van der Waals surface area contributed by atoms with Crippen molar-refractivity contribution < 1.29 is 14.8 Å². The summed E-state index contributed by atoms with van der Waals surface area (Å²) in [5, 5.41) is 19.9. The van der Waals surface area contributed by atoms with E-state index < -0.39 is 11.5 Å². The van der Waals surface area contributed by atoms with Gasteiger partial charge in [0.15, 0.2) is 0 Å². The van der Waals surface area contributed by atoms with Gasteiger partial charge in [0, 0.05) is 40.2 Å². The van der Waals surface area contributed by atoms with Gasteiger partial charge >= 0.3 is 5.82 Å². The Kier molecular flexibility index (Phi) is 3.89. The van der Waals surface area contributed by atoms with Gasteiger partial charge in [-0.2, -0.15) is 0 Å². The first-order chi connectivity index (χ1) is 9.45. The molecule has 9 nitrogen and oxygen atoms in total. The van der Waals surface area contributed by atoms with Crippen LogP contribution in [0, 0.1) is 17.0 Å². The van der Waals surface area contributed by atoms with Gasteiger partial charge in [-0.15, -0.1) is 0 Å². The van der Waals surface area contributed by atoms with E-state index in [1.807, 2.05) is 4.90 Å². The molecule has 1 aliphatic rings. The number of carbonyl (C=O) groups excluding carboxylic acids is 1. The molecule has 0 aromatic carbocycles. The van der Waals surface area contributed by atoms with Gasteiger partial charge in [0.2, 0.25) is 17.5 Å². The number of nitro groups is 1. The second-order valence-corrected chi connectivity index (χ2v) is 4.65. The third-order valence-electron chi connectivity index (χ3n) is 3.51. The Bertz CT molecular complexity index is 533. The summed E-state index contributed by atoms with van der Waals surface area (Å²) in [6, 6.07) is 0. The van der Waals surface area contributed by atoms with Crippen LogP contribution in [0.4, 0.5) is 11.6 Å². The van der Waals surface area contributed by atoms with Crippen LogP contribution in [0.3, 0.4) is 0 Å². The SMILES string of the molecule is Cc1nc([N+](=O)[O-])c(N2CCN(C(=O)CO)CC2)n1C. The predicted octanol–water partition coefficient (Wildman–Crippen LogP) is -0.722. The van der Waals surface area contributed by atoms with E-state index >= 15 is 0 Å². The van der Waals surface area contributed by atoms with Crippen molar-refractivity contribution in [3.05, 3.63) is 15.9 Å². The van der Waals surface area contributed by atoms with E-state index in [9.17, 15) is 14.9 Å². The molecule has 0 radical (unpaired) electrons. The molecule has 2 heterocycles. The molecule has 20 heavy (non-hydrogen) atoms. The average Bonchev–Trinajstić information content (AvgIpc) is 2.74. The van der Waals surface area contributed by atoms with Gasteiger partial charge in [-0.3, -0.25) is 9.36 Å². The highest BCUT2D eigenvalue weighted by atomic mass is 16.6. The number of piperazine rings is 1. The number of aromatic nitrogens is 2. The zero-order chi connectivity index (χ0) is 14.9. The van der Waals surface area contributed by atoms with Gasteiger partial charge in [-0.1, -0.05) is 0 Å². The molecule has 9 heteroatoms. The van der Waals surface area contributed by atoms with E-state index in [-0.39, 0.29) is 11.7 Å². The molecule has 1 aliphatic heterocycles. The van der Waals surface area contributed by atoms with Crippen molar-refractivity contribution >= 4 is 17.5 Å². The molecule has 1 fully saturated rings. The first-order valence-corrected chi connectivity index (χ1v) is 6.27. The van der Waals surface area contributed by atoms with Crippen molar-refractivity contribution in [1.29, 1.82) is 0 Å². The van der Waals surface area contributed by atoms with Crippen LogP contribution in [-0.2, 0) is 11.8 Å². The fraction of sp³-hybridized carbons (Fsp3) is 0.636. The minimum Gasteiger partial charge on any atom is -0.387 e. The number of amides is 1. The lowest BCUT2D eigenvalue weighted by molar-refractivity contribution is -0.388. The van der Waals surface area contributed by atoms with Gasteiger partial charge in [-0.25, -0.2) is 0 Å². The number of aryl methyl sites for hydroxylation is 1. The third-order valence-corrected chi connectivity index (χ3v) is 3.51. The maximum atomic E-state index is 11.4. The second kappa shape index (κ2) is 5.45. The molecule has 0 unspecified atom stereocenters. The topological polar surface area (TPSA) is 105 Å². The Hall–Kier alpha value is -2.16. The van der Waals surface area contributed by atoms with Gasteiger partial charge in [0.05, 0.1) is 0 Å². The number of aliphatic hydroxyl groups excluding tert-OH is 1. The lowest BCUT2D eigenvalue weighted by atomic mass is 10.3. The number of aliphatic hydroxyl groups is 1. The number of carbonyl (C=O) groups is 1. The van der Waals surface area contributed by atoms with Crippen LogP contribution in [0.5, 0.6) is 0 Å². The molecular formula is C11H17N5O4. The first-order valence-electron chi connectivity index (χ1n) is 6.27. The average molecular weight is 283 g/mol. The van der Waals surface area contributed by atoms with E-state index in [0.717, 1.165) is 0 Å². The molecule has 0 saturated carbocycles. The predicted molar refractivity (Wildman–Crippen MR) is 70.5 cm³/mol. The largest absolute Gasteiger partial charge is 0.406 e. The number of hydrogen-bond acceptors (Lipinski definition) is 6. The van der Waals surface area contributed by atoms with Crippen molar-refractivity contribution in [2.24, 2.45) is 7.05 Å². The van der Waals surface area contributed by atoms with Crippen LogP contribution < -0.4 is 4.90 Å². The fourth-order valence-corrected chi connectivity index (χ4v) is 2.33. The highest BCUT2D eigenvalue weighted by Crippen LogP contribution is 2.28. The Morgan fingerprint density at radius 3 is 2.50 bits per heavy atom. The molecule has 1 aromatic heterocycles. The van der Waals surface area contributed by atoms with Crippen molar-refractivity contribution in [2.75, 3.05) is 37.7 Å². The Balaban J connectivity index is 2.19. The van der Waals surface area contributed by atoms with E-state index in [1.54, 1.807) is 23.4 Å². The minimum atomic E-state index is -0.509. The molecule has 1 N–H and O–H groups in total. The summed E-state index contributed by atoms with van der Waals surface area (Å²) in [6.07, 6.45) is 0. The Labute approximate surface area is 115 Å². The van der Waals surface area contributed by atoms with E-state index in [2.05, 4.69) is 4.98 Å². The normalized spacial score (nSPS) is 15.6. The zero-order valence-corrected chi connectivity index (χ0v) is 11.4. The zero-order valence-electron chi connectivity index (χ0n) is 11.4. The summed E-state index contributed by atoms with van der Waals surface area (Å²) < 4.78 is 1.68. The number of rotatable bonds is 3. The number of hydrogen-bond donors (Lipinski definition) is 1. The van der Waals surface area contributed by atoms with E-state index in [4.69, 9.17) is 5.11 Å². The number of nitrogens with zero attached hydrogens (tertiary/aromatic N) is 5. The van der Waals surface area contributed by atoms with Crippen molar-refractivity contribution in [3.8, 4) is 0 Å². The summed E-state index contributed by atoms with van der Waals surface area (Å²) in [7, 11) is 1.73. The van der Waals surface area contributed by atoms with Crippen LogP contribution in [0.15, 0.2) is 0 Å². The van der Waals surface area contributed by atoms with Crippen LogP contribution in [0.1, 0.15) is 5.82 Å². The molecule has 1 amide bonds. The highest BCUT2D eigenvalue weighted by molar-refractivity contribution is 5.77. The number of imidazole rings is 1. The van der Waals surface area contributed by atoms with Gasteiger partial charge in [0.25, 0.3) is 0 Å². The van der Waals surface area contributed by atoms with Crippen molar-refractivity contribution in [1.82, 2.24) is 14.5 Å². The van der Waals surface area contributed by atoms with E-state index in [0.29, 0.717) is 37.8 Å². The third kappa shape index (κ3) is 2.44. The first kappa shape index (κ1) is 14.3. The standard InChI is InChI=1S/C11H17N5O4/c1-8-12-10(16(19)20)11(13(8)2)15-5-3-14(4-6-15)9(18)7-17/h17H,3-7H2,1-2H3. The monoisotopic (exact) mass is 283 g/mol. The fourth-order valence-electron chi connectivity index (χ4n) is 2.33. The summed E-state index contributed by atoms with van der Waals surface area (Å²) in [6.45, 7) is 3.02. The maximum Gasteiger partial charge on any atom is 0.406 e. The molecule has 0 bridgehead atoms. The maximum absolute atomic E-state index is 11.4. The molecule has 0 aliphatic carbocycles. The van der Waals surface area contributed by atoms with Crippen LogP contribution >= 0.6 is 0 Å². The molecule has 2 rings (SSSR count). The van der Waals surface area contributed by atoms with Crippen LogP contribution in [-0.4, -0.2) is 63.2 Å². The molecular weight excluding hydrogens is 266 g/mol. The van der Waals surface area contributed by atoms with Gasteiger partial charge < -0.3 is 25.0 Å². The van der Waals surface area contributed by atoms with Crippen LogP contribution in [0.25, 0.3) is 0 Å². The van der Waals surface area contributed by atoms with Gasteiger partial charge in [-0.05, 0) is 9.91 Å². The summed E-state index contributed by atoms with van der Waals surface area (Å²) in [5.41, 5.74) is 0. The van der Waals surface area contributed by atoms with Crippen molar-refractivity contribution in [3.63, 3.8) is 0 Å². The second-order valence-electron chi connectivity index (χ2n) is 4.65. The molecule has 1 aromatic rings. The molecule has 110 valence electrons. The summed E-state index contributed by atoms with van der Waals surface area (Å²) in [5.74, 6) is 0.552. The van der Waals surface area contributed by atoms with Gasteiger partial charge in [0.1, 0.15) is 6.61 Å². The quantitative estimate of drug-likeness (QED) is 0.579. The molecule has 0 spiro atoms. The van der Waals surface area contributed by atoms with Crippen molar-refractivity contribution in [2.45, 2.75) is 6.92 Å². The lowest BCUT2D eigenvalue weighted by Crippen LogP contribution is -2.50. The Morgan fingerprint density at radius 2 is 2.00 bits per heavy atom. The summed E-state index contributed by atoms with van der Waals surface area (Å²) >= 11 is 0. The lowest BCUT2D eigenvalue weighted by Gasteiger charge is -2.35. The number of anilines is 1. The van der Waals surface area contributed by atoms with E-state index in [1.165, 1.54) is 0 Å². The molecule has 0 atom stereocenters. The van der Waals surface area contributed by atoms with Crippen LogP contribution in [0.2, 0.25) is 0 Å². The Morgan fingerprint density at radius 1 is 1.40 bits per heavy atom. The highest BCUT2D eigenvalue weighted by Gasteiger charge is 2.31. The molecule has 1 saturated heterocycles.